The standard InChI is InChI=1S/C17H25N3O4S/c1-25-12-14-2-3-15(24-14)16(21)18-13-4-6-19(7-5-13)17(22)20-8-10-23-11-9-20/h2-3,13H,4-12H2,1H3,(H,18,21). The molecule has 3 heterocycles. The molecule has 1 aromatic rings. The fraction of sp³-hybridized carbons (Fsp3) is 0.647. The van der Waals surface area contributed by atoms with Gasteiger partial charge in [-0.25, -0.2) is 4.79 Å². The molecule has 0 radical (unpaired) electrons. The van der Waals surface area contributed by atoms with Crippen molar-refractivity contribution in [3.05, 3.63) is 23.7 Å². The Kier molecular flexibility index (Phi) is 6.25. The molecule has 0 spiro atoms. The molecule has 2 aliphatic rings. The molecule has 0 aromatic carbocycles. The molecule has 0 atom stereocenters. The van der Waals surface area contributed by atoms with Gasteiger partial charge in [0.2, 0.25) is 0 Å². The van der Waals surface area contributed by atoms with Gasteiger partial charge in [0.25, 0.3) is 5.91 Å². The third-order valence-electron chi connectivity index (χ3n) is 4.55. The topological polar surface area (TPSA) is 75.0 Å². The van der Waals surface area contributed by atoms with Crippen molar-refractivity contribution in [1.29, 1.82) is 0 Å². The van der Waals surface area contributed by atoms with Crippen molar-refractivity contribution in [3.8, 4) is 0 Å². The average molecular weight is 367 g/mol. The number of piperidine rings is 1. The predicted octanol–water partition coefficient (Wildman–Crippen LogP) is 1.79. The van der Waals surface area contributed by atoms with E-state index in [0.717, 1.165) is 24.4 Å². The number of hydrogen-bond donors (Lipinski definition) is 1. The summed E-state index contributed by atoms with van der Waals surface area (Å²) in [5.41, 5.74) is 0. The van der Waals surface area contributed by atoms with Crippen molar-refractivity contribution in [3.63, 3.8) is 0 Å². The number of likely N-dealkylation sites (tertiary alicyclic amines) is 1. The Labute approximate surface area is 152 Å². The highest BCUT2D eigenvalue weighted by molar-refractivity contribution is 7.97. The molecule has 3 amide bonds. The monoisotopic (exact) mass is 367 g/mol. The number of hydrogen-bond acceptors (Lipinski definition) is 5. The third-order valence-corrected chi connectivity index (χ3v) is 5.13. The van der Waals surface area contributed by atoms with Crippen LogP contribution in [0.3, 0.4) is 0 Å². The van der Waals surface area contributed by atoms with Crippen LogP contribution in [0.1, 0.15) is 29.2 Å². The van der Waals surface area contributed by atoms with Gasteiger partial charge in [-0.3, -0.25) is 4.79 Å². The summed E-state index contributed by atoms with van der Waals surface area (Å²) in [5, 5.41) is 3.02. The maximum absolute atomic E-state index is 12.5. The fourth-order valence-electron chi connectivity index (χ4n) is 3.15. The van der Waals surface area contributed by atoms with Crippen LogP contribution in [0.4, 0.5) is 4.79 Å². The zero-order valence-corrected chi connectivity index (χ0v) is 15.3. The number of nitrogens with one attached hydrogen (secondary N) is 1. The molecule has 138 valence electrons. The van der Waals surface area contributed by atoms with Crippen molar-refractivity contribution < 1.29 is 18.7 Å². The van der Waals surface area contributed by atoms with Gasteiger partial charge in [-0.1, -0.05) is 0 Å². The summed E-state index contributed by atoms with van der Waals surface area (Å²) in [5.74, 6) is 1.75. The van der Waals surface area contributed by atoms with Crippen molar-refractivity contribution in [2.45, 2.75) is 24.6 Å². The molecule has 3 rings (SSSR count). The van der Waals surface area contributed by atoms with Crippen molar-refractivity contribution in [1.82, 2.24) is 15.1 Å². The molecule has 1 aromatic heterocycles. The average Bonchev–Trinajstić information content (AvgIpc) is 3.12. The summed E-state index contributed by atoms with van der Waals surface area (Å²) in [7, 11) is 0. The molecule has 0 bridgehead atoms. The van der Waals surface area contributed by atoms with Gasteiger partial charge in [0.1, 0.15) is 5.76 Å². The van der Waals surface area contributed by atoms with E-state index >= 15 is 0 Å². The number of amides is 3. The minimum atomic E-state index is -0.176. The van der Waals surface area contributed by atoms with Crippen molar-refractivity contribution in [2.75, 3.05) is 45.6 Å². The van der Waals surface area contributed by atoms with Crippen LogP contribution in [0.2, 0.25) is 0 Å². The van der Waals surface area contributed by atoms with E-state index in [1.54, 1.807) is 17.8 Å². The van der Waals surface area contributed by atoms with Crippen molar-refractivity contribution in [2.24, 2.45) is 0 Å². The third kappa shape index (κ3) is 4.70. The van der Waals surface area contributed by atoms with Crippen LogP contribution in [0, 0.1) is 0 Å². The highest BCUT2D eigenvalue weighted by Crippen LogP contribution is 2.16. The second-order valence-corrected chi connectivity index (χ2v) is 7.18. The zero-order chi connectivity index (χ0) is 17.6. The molecule has 2 aliphatic heterocycles. The fourth-order valence-corrected chi connectivity index (χ4v) is 3.59. The lowest BCUT2D eigenvalue weighted by molar-refractivity contribution is 0.0407. The van der Waals surface area contributed by atoms with Crippen LogP contribution in [-0.2, 0) is 10.5 Å². The minimum absolute atomic E-state index is 0.0790. The van der Waals surface area contributed by atoms with Crippen LogP contribution in [0.5, 0.6) is 0 Å². The summed E-state index contributed by atoms with van der Waals surface area (Å²) in [6.45, 7) is 3.87. The number of rotatable bonds is 4. The Hall–Kier alpha value is -1.67. The van der Waals surface area contributed by atoms with Crippen LogP contribution in [0.25, 0.3) is 0 Å². The van der Waals surface area contributed by atoms with Gasteiger partial charge in [0.05, 0.1) is 19.0 Å². The van der Waals surface area contributed by atoms with E-state index in [4.69, 9.17) is 9.15 Å². The maximum atomic E-state index is 12.5. The lowest BCUT2D eigenvalue weighted by Gasteiger charge is -2.37. The Bertz CT molecular complexity index is 592. The first-order valence-corrected chi connectivity index (χ1v) is 10.1. The molecule has 2 saturated heterocycles. The van der Waals surface area contributed by atoms with Gasteiger partial charge in [-0.05, 0) is 31.2 Å². The number of morpholine rings is 1. The van der Waals surface area contributed by atoms with Crippen LogP contribution in [0.15, 0.2) is 16.5 Å². The number of nitrogens with zero attached hydrogens (tertiary/aromatic N) is 2. The molecule has 0 unspecified atom stereocenters. The molecule has 2 fully saturated rings. The van der Waals surface area contributed by atoms with E-state index < -0.39 is 0 Å². The number of thioether (sulfide) groups is 1. The summed E-state index contributed by atoms with van der Waals surface area (Å²) in [4.78, 5) is 28.5. The molecule has 25 heavy (non-hydrogen) atoms. The molecule has 1 N–H and O–H groups in total. The van der Waals surface area contributed by atoms with Crippen LogP contribution in [-0.4, -0.2) is 73.4 Å². The van der Waals surface area contributed by atoms with Gasteiger partial charge in [0, 0.05) is 32.2 Å². The number of ether oxygens (including phenoxy) is 1. The van der Waals surface area contributed by atoms with Gasteiger partial charge in [-0.2, -0.15) is 11.8 Å². The number of carbonyl (C=O) groups is 2. The quantitative estimate of drug-likeness (QED) is 0.878. The van der Waals surface area contributed by atoms with Gasteiger partial charge in [-0.15, -0.1) is 0 Å². The molecule has 0 aliphatic carbocycles. The van der Waals surface area contributed by atoms with E-state index in [9.17, 15) is 9.59 Å². The van der Waals surface area contributed by atoms with E-state index in [0.29, 0.717) is 45.2 Å². The Morgan fingerprint density at radius 2 is 1.84 bits per heavy atom. The van der Waals surface area contributed by atoms with Crippen LogP contribution < -0.4 is 5.32 Å². The Morgan fingerprint density at radius 3 is 2.52 bits per heavy atom. The second kappa shape index (κ2) is 8.62. The summed E-state index contributed by atoms with van der Waals surface area (Å²) >= 11 is 1.66. The second-order valence-electron chi connectivity index (χ2n) is 6.32. The maximum Gasteiger partial charge on any atom is 0.320 e. The minimum Gasteiger partial charge on any atom is -0.455 e. The van der Waals surface area contributed by atoms with Gasteiger partial charge >= 0.3 is 6.03 Å². The first-order chi connectivity index (χ1) is 12.2. The number of carbonyl (C=O) groups excluding carboxylic acids is 2. The number of furan rings is 1. The van der Waals surface area contributed by atoms with E-state index in [-0.39, 0.29) is 18.0 Å². The first kappa shape index (κ1) is 18.1. The summed E-state index contributed by atoms with van der Waals surface area (Å²) in [6, 6.07) is 3.73. The van der Waals surface area contributed by atoms with Gasteiger partial charge in [0.15, 0.2) is 5.76 Å². The smallest absolute Gasteiger partial charge is 0.320 e. The van der Waals surface area contributed by atoms with E-state index in [1.807, 2.05) is 22.1 Å². The molecule has 0 saturated carbocycles. The van der Waals surface area contributed by atoms with E-state index in [2.05, 4.69) is 5.32 Å². The van der Waals surface area contributed by atoms with Crippen LogP contribution >= 0.6 is 11.8 Å². The lowest BCUT2D eigenvalue weighted by Crippen LogP contribution is -2.52. The normalized spacial score (nSPS) is 19.1. The van der Waals surface area contributed by atoms with Gasteiger partial charge < -0.3 is 24.3 Å². The Morgan fingerprint density at radius 1 is 1.16 bits per heavy atom. The molecule has 7 nitrogen and oxygen atoms in total. The zero-order valence-electron chi connectivity index (χ0n) is 14.5. The molecule has 8 heteroatoms. The lowest BCUT2D eigenvalue weighted by atomic mass is 10.1. The highest BCUT2D eigenvalue weighted by atomic mass is 32.2. The largest absolute Gasteiger partial charge is 0.455 e. The first-order valence-electron chi connectivity index (χ1n) is 8.67. The van der Waals surface area contributed by atoms with E-state index in [1.165, 1.54) is 0 Å². The number of urea groups is 1. The van der Waals surface area contributed by atoms with Crippen molar-refractivity contribution >= 4 is 23.7 Å². The Balaban J connectivity index is 1.45. The molecular formula is C17H25N3O4S. The molecular weight excluding hydrogens is 342 g/mol. The summed E-state index contributed by atoms with van der Waals surface area (Å²) < 4.78 is 10.8. The SMILES string of the molecule is CSCc1ccc(C(=O)NC2CCN(C(=O)N3CCOCC3)CC2)o1. The predicted molar refractivity (Wildman–Crippen MR) is 95.8 cm³/mol. The summed E-state index contributed by atoms with van der Waals surface area (Å²) in [6.07, 6.45) is 3.52. The highest BCUT2D eigenvalue weighted by Gasteiger charge is 2.28.